The largest absolute Gasteiger partial charge is 0.441 e. The first-order valence-corrected chi connectivity index (χ1v) is 6.79. The maximum absolute atomic E-state index is 12.1. The van der Waals surface area contributed by atoms with Gasteiger partial charge in [-0.1, -0.05) is 36.0 Å². The molecule has 0 spiro atoms. The van der Waals surface area contributed by atoms with Crippen molar-refractivity contribution >= 4 is 17.5 Å². The number of thioether (sulfide) groups is 1. The van der Waals surface area contributed by atoms with Gasteiger partial charge in [-0.05, 0) is 24.8 Å². The molecule has 0 N–H and O–H groups in total. The van der Waals surface area contributed by atoms with Crippen molar-refractivity contribution in [2.75, 3.05) is 5.75 Å². The van der Waals surface area contributed by atoms with Gasteiger partial charge in [0.25, 0.3) is 0 Å². The first kappa shape index (κ1) is 13.5. The maximum atomic E-state index is 12.1. The minimum atomic E-state index is -4.20. The average Bonchev–Trinajstić information content (AvgIpc) is 2.31. The predicted molar refractivity (Wildman–Crippen MR) is 65.7 cm³/mol. The number of hydrogen-bond acceptors (Lipinski definition) is 2. The van der Waals surface area contributed by atoms with Crippen molar-refractivity contribution in [3.05, 3.63) is 35.4 Å². The quantitative estimate of drug-likeness (QED) is 0.826. The summed E-state index contributed by atoms with van der Waals surface area (Å²) >= 11 is -0.0417. The van der Waals surface area contributed by atoms with Gasteiger partial charge in [-0.3, -0.25) is 4.79 Å². The molecule has 0 bridgehead atoms. The second-order valence-corrected chi connectivity index (χ2v) is 5.50. The Bertz CT molecular complexity index is 442. The van der Waals surface area contributed by atoms with Gasteiger partial charge in [-0.25, -0.2) is 0 Å². The molecule has 1 aliphatic carbocycles. The van der Waals surface area contributed by atoms with E-state index in [1.165, 1.54) is 0 Å². The number of rotatable bonds is 3. The molecule has 1 aliphatic rings. The summed E-state index contributed by atoms with van der Waals surface area (Å²) in [7, 11) is 0. The summed E-state index contributed by atoms with van der Waals surface area (Å²) in [6.07, 6.45) is 1.74. The third kappa shape index (κ3) is 3.28. The lowest BCUT2D eigenvalue weighted by Crippen LogP contribution is -2.23. The molecule has 1 atom stereocenters. The van der Waals surface area contributed by atoms with Crippen molar-refractivity contribution in [2.24, 2.45) is 5.92 Å². The minimum absolute atomic E-state index is 0.000348. The molecule has 1 unspecified atom stereocenters. The van der Waals surface area contributed by atoms with Crippen LogP contribution in [0.5, 0.6) is 0 Å². The number of halogens is 3. The first-order chi connectivity index (χ1) is 8.47. The van der Waals surface area contributed by atoms with Crippen LogP contribution in [0, 0.1) is 5.92 Å². The van der Waals surface area contributed by atoms with E-state index in [-0.39, 0.29) is 29.2 Å². The van der Waals surface area contributed by atoms with Crippen molar-refractivity contribution in [1.29, 1.82) is 0 Å². The molecule has 0 radical (unpaired) electrons. The molecule has 0 aromatic heterocycles. The van der Waals surface area contributed by atoms with E-state index in [0.717, 1.165) is 12.0 Å². The molecule has 0 aliphatic heterocycles. The summed E-state index contributed by atoms with van der Waals surface area (Å²) in [5.41, 5.74) is -2.50. The van der Waals surface area contributed by atoms with Crippen LogP contribution in [0.1, 0.15) is 28.8 Å². The van der Waals surface area contributed by atoms with Gasteiger partial charge in [0.1, 0.15) is 0 Å². The molecule has 18 heavy (non-hydrogen) atoms. The molecular weight excluding hydrogens is 261 g/mol. The Morgan fingerprint density at radius 2 is 2.00 bits per heavy atom. The van der Waals surface area contributed by atoms with Crippen LogP contribution >= 0.6 is 11.8 Å². The number of benzene rings is 1. The van der Waals surface area contributed by atoms with Crippen LogP contribution in [0.2, 0.25) is 0 Å². The normalized spacial score (nSPS) is 19.7. The number of alkyl halides is 3. The van der Waals surface area contributed by atoms with Gasteiger partial charge in [0.05, 0.1) is 0 Å². The van der Waals surface area contributed by atoms with Crippen LogP contribution < -0.4 is 0 Å². The van der Waals surface area contributed by atoms with Gasteiger partial charge in [0.15, 0.2) is 5.78 Å². The van der Waals surface area contributed by atoms with E-state index >= 15 is 0 Å². The zero-order valence-electron chi connectivity index (χ0n) is 9.67. The van der Waals surface area contributed by atoms with E-state index in [9.17, 15) is 18.0 Å². The fraction of sp³-hybridized carbons (Fsp3) is 0.462. The monoisotopic (exact) mass is 274 g/mol. The first-order valence-electron chi connectivity index (χ1n) is 5.80. The van der Waals surface area contributed by atoms with Gasteiger partial charge in [-0.15, -0.1) is 0 Å². The predicted octanol–water partition coefficient (Wildman–Crippen LogP) is 4.07. The second kappa shape index (κ2) is 5.34. The molecule has 1 nitrogen and oxygen atoms in total. The van der Waals surface area contributed by atoms with Crippen LogP contribution in [-0.2, 0) is 6.42 Å². The molecule has 5 heteroatoms. The highest BCUT2D eigenvalue weighted by Crippen LogP contribution is 2.34. The van der Waals surface area contributed by atoms with E-state index in [1.54, 1.807) is 12.1 Å². The molecule has 2 rings (SSSR count). The third-order valence-corrected chi connectivity index (χ3v) is 3.91. The standard InChI is InChI=1S/C13H13F3OS/c14-13(15,16)18-8-7-10-6-5-9-3-1-2-4-11(9)12(10)17/h1-4,10H,5-8H2. The summed E-state index contributed by atoms with van der Waals surface area (Å²) < 4.78 is 36.1. The number of hydrogen-bond donors (Lipinski definition) is 0. The highest BCUT2D eigenvalue weighted by Gasteiger charge is 2.31. The Hall–Kier alpha value is -0.970. The Balaban J connectivity index is 1.96. The van der Waals surface area contributed by atoms with Gasteiger partial charge in [0.2, 0.25) is 0 Å². The zero-order chi connectivity index (χ0) is 13.2. The van der Waals surface area contributed by atoms with Gasteiger partial charge >= 0.3 is 5.51 Å². The lowest BCUT2D eigenvalue weighted by atomic mass is 9.81. The number of fused-ring (bicyclic) bond motifs is 1. The Kier molecular flexibility index (Phi) is 4.00. The van der Waals surface area contributed by atoms with E-state index < -0.39 is 5.51 Å². The van der Waals surface area contributed by atoms with Gasteiger partial charge in [-0.2, -0.15) is 13.2 Å². The van der Waals surface area contributed by atoms with Crippen molar-refractivity contribution in [3.63, 3.8) is 0 Å². The molecule has 0 amide bonds. The van der Waals surface area contributed by atoms with Crippen LogP contribution in [-0.4, -0.2) is 17.0 Å². The van der Waals surface area contributed by atoms with Crippen molar-refractivity contribution < 1.29 is 18.0 Å². The summed E-state index contributed by atoms with van der Waals surface area (Å²) in [5, 5.41) is 0. The maximum Gasteiger partial charge on any atom is 0.441 e. The van der Waals surface area contributed by atoms with Crippen LogP contribution in [0.15, 0.2) is 24.3 Å². The molecule has 0 saturated heterocycles. The summed E-state index contributed by atoms with van der Waals surface area (Å²) in [6, 6.07) is 7.35. The lowest BCUT2D eigenvalue weighted by molar-refractivity contribution is -0.0328. The molecule has 0 heterocycles. The van der Waals surface area contributed by atoms with E-state index in [2.05, 4.69) is 0 Å². The number of aryl methyl sites for hydroxylation is 1. The molecule has 1 aromatic carbocycles. The lowest BCUT2D eigenvalue weighted by Gasteiger charge is -2.23. The van der Waals surface area contributed by atoms with Gasteiger partial charge < -0.3 is 0 Å². The number of carbonyl (C=O) groups is 1. The topological polar surface area (TPSA) is 17.1 Å². The van der Waals surface area contributed by atoms with Gasteiger partial charge in [0, 0.05) is 17.2 Å². The number of carbonyl (C=O) groups excluding carboxylic acids is 1. The molecule has 98 valence electrons. The van der Waals surface area contributed by atoms with E-state index in [0.29, 0.717) is 18.4 Å². The Morgan fingerprint density at radius 1 is 1.28 bits per heavy atom. The Morgan fingerprint density at radius 3 is 2.72 bits per heavy atom. The number of ketones is 1. The number of Topliss-reactive ketones (excluding diaryl/α,β-unsaturated/α-hetero) is 1. The van der Waals surface area contributed by atoms with Crippen molar-refractivity contribution in [1.82, 2.24) is 0 Å². The Labute approximate surface area is 108 Å². The summed E-state index contributed by atoms with van der Waals surface area (Å²) in [4.78, 5) is 12.1. The smallest absolute Gasteiger partial charge is 0.294 e. The van der Waals surface area contributed by atoms with Crippen molar-refractivity contribution in [2.45, 2.75) is 24.8 Å². The van der Waals surface area contributed by atoms with Crippen LogP contribution in [0.4, 0.5) is 13.2 Å². The molecular formula is C13H13F3OS. The highest BCUT2D eigenvalue weighted by atomic mass is 32.2. The molecule has 1 aromatic rings. The minimum Gasteiger partial charge on any atom is -0.294 e. The van der Waals surface area contributed by atoms with Crippen molar-refractivity contribution in [3.8, 4) is 0 Å². The van der Waals surface area contributed by atoms with Crippen LogP contribution in [0.25, 0.3) is 0 Å². The third-order valence-electron chi connectivity index (χ3n) is 3.15. The fourth-order valence-corrected chi connectivity index (χ4v) is 2.89. The fourth-order valence-electron chi connectivity index (χ4n) is 2.25. The SMILES string of the molecule is O=C1c2ccccc2CCC1CCSC(F)(F)F. The second-order valence-electron chi connectivity index (χ2n) is 4.34. The van der Waals surface area contributed by atoms with E-state index in [1.807, 2.05) is 12.1 Å². The van der Waals surface area contributed by atoms with E-state index in [4.69, 9.17) is 0 Å². The van der Waals surface area contributed by atoms with Crippen LogP contribution in [0.3, 0.4) is 0 Å². The average molecular weight is 274 g/mol. The summed E-state index contributed by atoms with van der Waals surface area (Å²) in [6.45, 7) is 0. The zero-order valence-corrected chi connectivity index (χ0v) is 10.5. The summed E-state index contributed by atoms with van der Waals surface area (Å²) in [5.74, 6) is -0.295. The highest BCUT2D eigenvalue weighted by molar-refractivity contribution is 8.00. The molecule has 0 fully saturated rings. The molecule has 0 saturated carbocycles.